The van der Waals surface area contributed by atoms with Gasteiger partial charge in [-0.1, -0.05) is 24.3 Å². The summed E-state index contributed by atoms with van der Waals surface area (Å²) < 4.78 is 37.9. The van der Waals surface area contributed by atoms with Crippen LogP contribution in [0.2, 0.25) is 0 Å². The molecule has 0 spiro atoms. The Morgan fingerprint density at radius 3 is 2.03 bits per heavy atom. The van der Waals surface area contributed by atoms with Crippen molar-refractivity contribution in [3.8, 4) is 11.3 Å². The summed E-state index contributed by atoms with van der Waals surface area (Å²) in [6, 6.07) is 14.2. The lowest BCUT2D eigenvalue weighted by Crippen LogP contribution is -2.36. The van der Waals surface area contributed by atoms with Gasteiger partial charge in [0.1, 0.15) is 5.69 Å². The topological polar surface area (TPSA) is 87.1 Å². The highest BCUT2D eigenvalue weighted by atomic mass is 19.4. The first-order valence-electron chi connectivity index (χ1n) is 10.6. The summed E-state index contributed by atoms with van der Waals surface area (Å²) in [7, 11) is 0. The van der Waals surface area contributed by atoms with Gasteiger partial charge in [0.25, 0.3) is 0 Å². The Labute approximate surface area is 188 Å². The Bertz CT molecular complexity index is 1080. The van der Waals surface area contributed by atoms with Gasteiger partial charge in [0.2, 0.25) is 0 Å². The molecule has 172 valence electrons. The molecule has 0 atom stereocenters. The Balaban J connectivity index is 1.36. The lowest BCUT2D eigenvalue weighted by Gasteiger charge is -2.28. The molecule has 2 heterocycles. The van der Waals surface area contributed by atoms with Gasteiger partial charge in [-0.05, 0) is 61.4 Å². The van der Waals surface area contributed by atoms with E-state index in [1.165, 1.54) is 11.6 Å². The number of hydrogen-bond donors (Lipinski definition) is 3. The van der Waals surface area contributed by atoms with E-state index in [1.54, 1.807) is 6.20 Å². The third-order valence-corrected chi connectivity index (χ3v) is 5.84. The van der Waals surface area contributed by atoms with Crippen LogP contribution in [0.5, 0.6) is 0 Å². The number of nitrogens with zero attached hydrogens (tertiary/aromatic N) is 2. The van der Waals surface area contributed by atoms with Crippen LogP contribution in [0.25, 0.3) is 11.3 Å². The number of hydrogen-bond acceptors (Lipinski definition) is 4. The molecule has 1 aromatic carbocycles. The second kappa shape index (κ2) is 9.48. The summed E-state index contributed by atoms with van der Waals surface area (Å²) in [4.78, 5) is 18.7. The van der Waals surface area contributed by atoms with Crippen molar-refractivity contribution in [2.24, 2.45) is 0 Å². The van der Waals surface area contributed by atoms with Gasteiger partial charge in [-0.15, -0.1) is 0 Å². The predicted octanol–water partition coefficient (Wildman–Crippen LogP) is 6.20. The first-order chi connectivity index (χ1) is 15.8. The average molecular weight is 456 g/mol. The van der Waals surface area contributed by atoms with E-state index >= 15 is 0 Å². The number of amides is 1. The molecule has 1 saturated carbocycles. The monoisotopic (exact) mass is 456 g/mol. The molecular weight excluding hydrogens is 433 g/mol. The molecule has 3 N–H and O–H groups in total. The number of alkyl halides is 3. The maximum absolute atomic E-state index is 12.6. The molecule has 0 radical (unpaired) electrons. The molecule has 9 heteroatoms. The highest BCUT2D eigenvalue weighted by Gasteiger charge is 2.32. The summed E-state index contributed by atoms with van der Waals surface area (Å²) in [5.74, 6) is 0.419. The van der Waals surface area contributed by atoms with E-state index in [0.29, 0.717) is 17.3 Å². The van der Waals surface area contributed by atoms with Crippen molar-refractivity contribution in [1.82, 2.24) is 15.3 Å². The SMILES string of the molecule is O=C(O)NC1CCC(c2ccc(-c3ccc(Nc4ccc(C(F)(F)F)nc4)cn3)cc2)CC1. The minimum absolute atomic E-state index is 0.0349. The Morgan fingerprint density at radius 1 is 0.879 bits per heavy atom. The van der Waals surface area contributed by atoms with Crippen LogP contribution in [-0.2, 0) is 6.18 Å². The van der Waals surface area contributed by atoms with Gasteiger partial charge in [-0.25, -0.2) is 9.78 Å². The molecule has 0 unspecified atom stereocenters. The zero-order chi connectivity index (χ0) is 23.4. The van der Waals surface area contributed by atoms with E-state index in [1.807, 2.05) is 24.3 Å². The zero-order valence-corrected chi connectivity index (χ0v) is 17.6. The molecule has 1 aliphatic carbocycles. The number of nitrogens with one attached hydrogen (secondary N) is 2. The number of anilines is 2. The van der Waals surface area contributed by atoms with Crippen LogP contribution >= 0.6 is 0 Å². The van der Waals surface area contributed by atoms with Crippen LogP contribution < -0.4 is 10.6 Å². The van der Waals surface area contributed by atoms with Crippen LogP contribution in [-0.4, -0.2) is 27.2 Å². The van der Waals surface area contributed by atoms with Crippen molar-refractivity contribution in [3.63, 3.8) is 0 Å². The number of benzene rings is 1. The maximum atomic E-state index is 12.6. The highest BCUT2D eigenvalue weighted by Crippen LogP contribution is 2.34. The molecule has 0 bridgehead atoms. The number of carbonyl (C=O) groups is 1. The third-order valence-electron chi connectivity index (χ3n) is 5.84. The molecule has 6 nitrogen and oxygen atoms in total. The molecule has 33 heavy (non-hydrogen) atoms. The van der Waals surface area contributed by atoms with E-state index in [-0.39, 0.29) is 6.04 Å². The van der Waals surface area contributed by atoms with Crippen LogP contribution in [0.15, 0.2) is 60.9 Å². The molecule has 3 aromatic rings. The predicted molar refractivity (Wildman–Crippen MR) is 118 cm³/mol. The van der Waals surface area contributed by atoms with Crippen molar-refractivity contribution in [3.05, 3.63) is 72.2 Å². The smallest absolute Gasteiger partial charge is 0.433 e. The number of carboxylic acid groups (broad SMARTS) is 1. The fraction of sp³-hybridized carbons (Fsp3) is 0.292. The van der Waals surface area contributed by atoms with Crippen LogP contribution in [0.1, 0.15) is 42.9 Å². The summed E-state index contributed by atoms with van der Waals surface area (Å²) in [5, 5.41) is 14.4. The highest BCUT2D eigenvalue weighted by molar-refractivity contribution is 5.65. The molecule has 1 aliphatic rings. The number of pyridine rings is 2. The van der Waals surface area contributed by atoms with Gasteiger partial charge in [0, 0.05) is 11.6 Å². The molecule has 1 fully saturated rings. The second-order valence-corrected chi connectivity index (χ2v) is 8.11. The van der Waals surface area contributed by atoms with E-state index in [2.05, 4.69) is 32.7 Å². The first-order valence-corrected chi connectivity index (χ1v) is 10.6. The van der Waals surface area contributed by atoms with Crippen molar-refractivity contribution in [2.75, 3.05) is 5.32 Å². The van der Waals surface area contributed by atoms with Crippen molar-refractivity contribution in [2.45, 2.75) is 43.8 Å². The fourth-order valence-corrected chi connectivity index (χ4v) is 4.11. The molecule has 0 aliphatic heterocycles. The fourth-order valence-electron chi connectivity index (χ4n) is 4.11. The van der Waals surface area contributed by atoms with E-state index in [0.717, 1.165) is 49.2 Å². The first kappa shape index (κ1) is 22.6. The Hall–Kier alpha value is -3.62. The minimum Gasteiger partial charge on any atom is -0.465 e. The Morgan fingerprint density at radius 2 is 1.52 bits per heavy atom. The normalized spacial score (nSPS) is 18.5. The molecule has 2 aromatic heterocycles. The standard InChI is InChI=1S/C24H23F3N4O2/c25-24(26,27)22-12-10-20(14-29-22)30-19-9-11-21(28-13-19)17-3-1-15(2-4-17)16-5-7-18(8-6-16)31-23(32)33/h1-4,9-14,16,18,30-31H,5-8H2,(H,32,33). The minimum atomic E-state index is -4.46. The Kier molecular flexibility index (Phi) is 6.48. The largest absolute Gasteiger partial charge is 0.465 e. The van der Waals surface area contributed by atoms with Gasteiger partial charge in [-0.3, -0.25) is 4.98 Å². The van der Waals surface area contributed by atoms with Gasteiger partial charge < -0.3 is 15.7 Å². The summed E-state index contributed by atoms with van der Waals surface area (Å²) in [5.41, 5.74) is 3.13. The quantitative estimate of drug-likeness (QED) is 0.426. The number of aromatic nitrogens is 2. The molecule has 1 amide bonds. The van der Waals surface area contributed by atoms with Gasteiger partial charge in [-0.2, -0.15) is 13.2 Å². The summed E-state index contributed by atoms with van der Waals surface area (Å²) >= 11 is 0. The van der Waals surface area contributed by atoms with Crippen molar-refractivity contribution in [1.29, 1.82) is 0 Å². The molecule has 0 saturated heterocycles. The van der Waals surface area contributed by atoms with Crippen molar-refractivity contribution < 1.29 is 23.1 Å². The van der Waals surface area contributed by atoms with E-state index < -0.39 is 18.0 Å². The van der Waals surface area contributed by atoms with Gasteiger partial charge in [0.05, 0.1) is 29.5 Å². The van der Waals surface area contributed by atoms with E-state index in [9.17, 15) is 18.0 Å². The van der Waals surface area contributed by atoms with Gasteiger partial charge in [0.15, 0.2) is 0 Å². The second-order valence-electron chi connectivity index (χ2n) is 8.11. The molecular formula is C24H23F3N4O2. The lowest BCUT2D eigenvalue weighted by atomic mass is 9.81. The summed E-state index contributed by atoms with van der Waals surface area (Å²) in [6.07, 6.45) is 0.898. The van der Waals surface area contributed by atoms with Crippen LogP contribution in [0.4, 0.5) is 29.3 Å². The molecule has 4 rings (SSSR count). The lowest BCUT2D eigenvalue weighted by molar-refractivity contribution is -0.141. The average Bonchev–Trinajstić information content (AvgIpc) is 2.80. The maximum Gasteiger partial charge on any atom is 0.433 e. The van der Waals surface area contributed by atoms with Crippen LogP contribution in [0.3, 0.4) is 0 Å². The summed E-state index contributed by atoms with van der Waals surface area (Å²) in [6.45, 7) is 0. The van der Waals surface area contributed by atoms with Crippen molar-refractivity contribution >= 4 is 17.5 Å². The third kappa shape index (κ3) is 5.79. The zero-order valence-electron chi connectivity index (χ0n) is 17.6. The number of halogens is 3. The van der Waals surface area contributed by atoms with E-state index in [4.69, 9.17) is 5.11 Å². The number of rotatable bonds is 5. The van der Waals surface area contributed by atoms with Gasteiger partial charge >= 0.3 is 12.3 Å². The van der Waals surface area contributed by atoms with Crippen LogP contribution in [0, 0.1) is 0 Å².